The number of hydrogen-bond acceptors (Lipinski definition) is 8. The summed E-state index contributed by atoms with van der Waals surface area (Å²) >= 11 is 0. The molecule has 0 saturated carbocycles. The van der Waals surface area contributed by atoms with Gasteiger partial charge in [0.25, 0.3) is 0 Å². The van der Waals surface area contributed by atoms with Gasteiger partial charge in [0.2, 0.25) is 11.8 Å². The molecule has 0 bridgehead atoms. The van der Waals surface area contributed by atoms with Crippen LogP contribution in [0.3, 0.4) is 0 Å². The number of benzene rings is 1. The minimum atomic E-state index is -1.26. The van der Waals surface area contributed by atoms with Crippen LogP contribution in [0.1, 0.15) is 25.8 Å². The van der Waals surface area contributed by atoms with Crippen molar-refractivity contribution < 1.29 is 33.8 Å². The van der Waals surface area contributed by atoms with Gasteiger partial charge in [0, 0.05) is 25.2 Å². The number of nitrogens with zero attached hydrogens (tertiary/aromatic N) is 2. The second kappa shape index (κ2) is 14.7. The maximum absolute atomic E-state index is 12.9. The maximum Gasteiger partial charge on any atom is 0.410 e. The van der Waals surface area contributed by atoms with Gasteiger partial charge in [-0.1, -0.05) is 50.2 Å². The van der Waals surface area contributed by atoms with E-state index in [0.29, 0.717) is 18.8 Å². The first-order valence-corrected chi connectivity index (χ1v) is 12.8. The first-order chi connectivity index (χ1) is 18.7. The third-order valence-electron chi connectivity index (χ3n) is 6.09. The van der Waals surface area contributed by atoms with E-state index in [1.807, 2.05) is 42.5 Å². The highest BCUT2D eigenvalue weighted by Crippen LogP contribution is 2.22. The van der Waals surface area contributed by atoms with Crippen LogP contribution < -0.4 is 16.0 Å². The molecule has 1 fully saturated rings. The van der Waals surface area contributed by atoms with Crippen molar-refractivity contribution in [1.82, 2.24) is 20.5 Å². The Hall–Kier alpha value is -4.19. The Morgan fingerprint density at radius 3 is 2.51 bits per heavy atom. The SMILES string of the molecule is CC(C)C(=O)N[C@@H](CNC(=O)CO[C@@H]1C[C@@H](CNc2ccccn2)N(C(=O)OCc2ccccc2)C1)C(=O)O. The Balaban J connectivity index is 1.53. The number of pyridine rings is 1. The first kappa shape index (κ1) is 29.4. The number of aliphatic carboxylic acids is 1. The zero-order valence-electron chi connectivity index (χ0n) is 22.0. The van der Waals surface area contributed by atoms with Gasteiger partial charge in [-0.05, 0) is 24.1 Å². The average molecular weight is 542 g/mol. The summed E-state index contributed by atoms with van der Waals surface area (Å²) in [4.78, 5) is 54.3. The lowest BCUT2D eigenvalue weighted by atomic mass is 10.2. The number of anilines is 1. The molecule has 1 aliphatic heterocycles. The summed E-state index contributed by atoms with van der Waals surface area (Å²) in [5, 5.41) is 17.4. The van der Waals surface area contributed by atoms with Gasteiger partial charge in [0.05, 0.1) is 18.7 Å². The topological polar surface area (TPSA) is 159 Å². The third kappa shape index (κ3) is 9.56. The minimum Gasteiger partial charge on any atom is -0.480 e. The molecule has 1 aromatic heterocycles. The molecule has 3 rings (SSSR count). The number of likely N-dealkylation sites (tertiary alicyclic amines) is 1. The van der Waals surface area contributed by atoms with Crippen molar-refractivity contribution in [3.05, 3.63) is 60.3 Å². The average Bonchev–Trinajstić information content (AvgIpc) is 3.35. The molecule has 2 heterocycles. The lowest BCUT2D eigenvalue weighted by Crippen LogP contribution is -2.50. The Kier molecular flexibility index (Phi) is 11.0. The van der Waals surface area contributed by atoms with Gasteiger partial charge in [-0.2, -0.15) is 0 Å². The minimum absolute atomic E-state index is 0.128. The van der Waals surface area contributed by atoms with Crippen LogP contribution in [0.2, 0.25) is 0 Å². The third-order valence-corrected chi connectivity index (χ3v) is 6.09. The van der Waals surface area contributed by atoms with E-state index < -0.39 is 41.9 Å². The lowest BCUT2D eigenvalue weighted by Gasteiger charge is -2.24. The highest BCUT2D eigenvalue weighted by atomic mass is 16.6. The summed E-state index contributed by atoms with van der Waals surface area (Å²) in [7, 11) is 0. The number of hydrogen-bond donors (Lipinski definition) is 4. The first-order valence-electron chi connectivity index (χ1n) is 12.8. The van der Waals surface area contributed by atoms with Gasteiger partial charge < -0.3 is 35.4 Å². The van der Waals surface area contributed by atoms with E-state index in [2.05, 4.69) is 20.9 Å². The van der Waals surface area contributed by atoms with Crippen LogP contribution in [0, 0.1) is 5.92 Å². The van der Waals surface area contributed by atoms with E-state index in [1.54, 1.807) is 31.0 Å². The summed E-state index contributed by atoms with van der Waals surface area (Å²) in [6.07, 6.45) is 1.19. The molecule has 0 unspecified atom stereocenters. The van der Waals surface area contributed by atoms with E-state index in [4.69, 9.17) is 9.47 Å². The highest BCUT2D eigenvalue weighted by Gasteiger charge is 2.37. The van der Waals surface area contributed by atoms with Crippen LogP contribution in [0.25, 0.3) is 0 Å². The number of aromatic nitrogens is 1. The number of nitrogens with one attached hydrogen (secondary N) is 3. The van der Waals surface area contributed by atoms with E-state index >= 15 is 0 Å². The van der Waals surface area contributed by atoms with Gasteiger partial charge in [-0.25, -0.2) is 14.6 Å². The number of carboxylic acids is 1. The van der Waals surface area contributed by atoms with E-state index in [9.17, 15) is 24.3 Å². The molecule has 12 heteroatoms. The van der Waals surface area contributed by atoms with Crippen molar-refractivity contribution in [3.63, 3.8) is 0 Å². The van der Waals surface area contributed by atoms with Crippen LogP contribution in [0.15, 0.2) is 54.7 Å². The Bertz CT molecular complexity index is 1100. The molecule has 3 amide bonds. The van der Waals surface area contributed by atoms with Gasteiger partial charge in [-0.3, -0.25) is 9.59 Å². The van der Waals surface area contributed by atoms with Crippen molar-refractivity contribution in [2.75, 3.05) is 31.6 Å². The molecule has 1 aliphatic rings. The fourth-order valence-corrected chi connectivity index (χ4v) is 3.90. The highest BCUT2D eigenvalue weighted by molar-refractivity contribution is 5.85. The van der Waals surface area contributed by atoms with E-state index in [0.717, 1.165) is 5.56 Å². The van der Waals surface area contributed by atoms with Crippen LogP contribution in [0.4, 0.5) is 10.6 Å². The molecule has 1 saturated heterocycles. The molecule has 4 N–H and O–H groups in total. The fourth-order valence-electron chi connectivity index (χ4n) is 3.90. The summed E-state index contributed by atoms with van der Waals surface area (Å²) in [5.41, 5.74) is 0.863. The smallest absolute Gasteiger partial charge is 0.410 e. The van der Waals surface area contributed by atoms with Crippen LogP contribution in [0.5, 0.6) is 0 Å². The summed E-state index contributed by atoms with van der Waals surface area (Å²) in [6.45, 7) is 3.42. The van der Waals surface area contributed by atoms with Crippen molar-refractivity contribution in [2.45, 2.75) is 45.1 Å². The normalized spacial score (nSPS) is 17.4. The molecule has 210 valence electrons. The largest absolute Gasteiger partial charge is 0.480 e. The van der Waals surface area contributed by atoms with E-state index in [-0.39, 0.29) is 32.3 Å². The molecule has 12 nitrogen and oxygen atoms in total. The molecular formula is C27H35N5O7. The number of ether oxygens (including phenoxy) is 2. The zero-order valence-corrected chi connectivity index (χ0v) is 22.0. The maximum atomic E-state index is 12.9. The zero-order chi connectivity index (χ0) is 28.2. The van der Waals surface area contributed by atoms with Crippen LogP contribution in [-0.4, -0.2) is 83.3 Å². The number of carboxylic acid groups (broad SMARTS) is 1. The van der Waals surface area contributed by atoms with Gasteiger partial charge >= 0.3 is 12.1 Å². The molecule has 39 heavy (non-hydrogen) atoms. The Morgan fingerprint density at radius 2 is 1.85 bits per heavy atom. The number of rotatable bonds is 13. The van der Waals surface area contributed by atoms with Crippen molar-refractivity contribution in [1.29, 1.82) is 0 Å². The quantitative estimate of drug-likeness (QED) is 0.296. The number of amides is 3. The molecule has 2 aromatic rings. The van der Waals surface area contributed by atoms with Gasteiger partial charge in [0.1, 0.15) is 25.1 Å². The number of carbonyl (C=O) groups is 4. The van der Waals surface area contributed by atoms with Gasteiger partial charge in [0.15, 0.2) is 0 Å². The summed E-state index contributed by atoms with van der Waals surface area (Å²) in [5.74, 6) is -1.95. The molecular weight excluding hydrogens is 506 g/mol. The number of carbonyl (C=O) groups excluding carboxylic acids is 3. The van der Waals surface area contributed by atoms with Crippen LogP contribution >= 0.6 is 0 Å². The second-order valence-corrected chi connectivity index (χ2v) is 9.47. The molecule has 0 radical (unpaired) electrons. The Morgan fingerprint density at radius 1 is 1.10 bits per heavy atom. The monoisotopic (exact) mass is 541 g/mol. The molecule has 3 atom stereocenters. The predicted octanol–water partition coefficient (Wildman–Crippen LogP) is 1.63. The summed E-state index contributed by atoms with van der Waals surface area (Å²) < 4.78 is 11.3. The lowest BCUT2D eigenvalue weighted by molar-refractivity contribution is -0.142. The molecule has 0 aliphatic carbocycles. The van der Waals surface area contributed by atoms with Crippen molar-refractivity contribution in [3.8, 4) is 0 Å². The molecule has 1 aromatic carbocycles. The van der Waals surface area contributed by atoms with Crippen molar-refractivity contribution in [2.24, 2.45) is 5.92 Å². The molecule has 0 spiro atoms. The Labute approximate surface area is 227 Å². The predicted molar refractivity (Wildman–Crippen MR) is 142 cm³/mol. The van der Waals surface area contributed by atoms with Crippen LogP contribution in [-0.2, 0) is 30.5 Å². The van der Waals surface area contributed by atoms with Gasteiger partial charge in [-0.15, -0.1) is 0 Å². The standard InChI is InChI=1S/C27H35N5O7/c1-18(2)25(34)31-22(26(35)36)14-30-24(33)17-38-21-12-20(13-29-23-10-6-7-11-28-23)32(15-21)27(37)39-16-19-8-4-3-5-9-19/h3-11,18,20-22H,12-17H2,1-2H3,(H,28,29)(H,30,33)(H,31,34)(H,35,36)/t20-,21+,22-/m0/s1. The fraction of sp³-hybridized carbons (Fsp3) is 0.444. The van der Waals surface area contributed by atoms with E-state index in [1.165, 1.54) is 0 Å². The summed E-state index contributed by atoms with van der Waals surface area (Å²) in [6, 6.07) is 13.3. The second-order valence-electron chi connectivity index (χ2n) is 9.47. The van der Waals surface area contributed by atoms with Crippen molar-refractivity contribution >= 4 is 29.7 Å².